The number of hydrogen-bond donors (Lipinski definition) is 1. The largest absolute Gasteiger partial charge is 0.348 e. The summed E-state index contributed by atoms with van der Waals surface area (Å²) in [4.78, 5) is 11.7. The Morgan fingerprint density at radius 2 is 1.79 bits per heavy atom. The van der Waals surface area contributed by atoms with Gasteiger partial charge in [-0.15, -0.1) is 0 Å². The lowest BCUT2D eigenvalue weighted by atomic mass is 9.97. The van der Waals surface area contributed by atoms with Crippen molar-refractivity contribution in [3.63, 3.8) is 0 Å². The fourth-order valence-electron chi connectivity index (χ4n) is 1.91. The van der Waals surface area contributed by atoms with Crippen LogP contribution in [0.25, 0.3) is 0 Å². The molecule has 0 aliphatic carbocycles. The first-order chi connectivity index (χ1) is 8.78. The number of hydrogen-bond acceptors (Lipinski definition) is 3. The third-order valence-corrected chi connectivity index (χ3v) is 3.42. The standard InChI is InChI=1S/C14H21NO3S/c1-11(2)9-13(12-7-5-4-6-8-12)15-14(16)10-19(3,17)18/h4-8,11,13H,9-10H2,1-3H3,(H,15,16). The lowest BCUT2D eigenvalue weighted by Gasteiger charge is -2.21. The summed E-state index contributed by atoms with van der Waals surface area (Å²) in [7, 11) is -3.29. The lowest BCUT2D eigenvalue weighted by Crippen LogP contribution is -2.34. The molecule has 4 nitrogen and oxygen atoms in total. The van der Waals surface area contributed by atoms with E-state index in [4.69, 9.17) is 0 Å². The summed E-state index contributed by atoms with van der Waals surface area (Å²) in [5.74, 6) is -0.505. The average molecular weight is 283 g/mol. The van der Waals surface area contributed by atoms with Crippen molar-refractivity contribution in [2.24, 2.45) is 5.92 Å². The van der Waals surface area contributed by atoms with Gasteiger partial charge in [-0.1, -0.05) is 44.2 Å². The summed E-state index contributed by atoms with van der Waals surface area (Å²) in [5.41, 5.74) is 0.998. The fraction of sp³-hybridized carbons (Fsp3) is 0.500. The minimum absolute atomic E-state index is 0.143. The molecule has 0 spiro atoms. The third-order valence-electron chi connectivity index (χ3n) is 2.64. The third kappa shape index (κ3) is 6.38. The zero-order valence-corrected chi connectivity index (χ0v) is 12.4. The maximum absolute atomic E-state index is 11.7. The monoisotopic (exact) mass is 283 g/mol. The quantitative estimate of drug-likeness (QED) is 0.867. The van der Waals surface area contributed by atoms with Gasteiger partial charge in [0, 0.05) is 6.26 Å². The van der Waals surface area contributed by atoms with Crippen LogP contribution in [-0.4, -0.2) is 26.3 Å². The number of carbonyl (C=O) groups excluding carboxylic acids is 1. The van der Waals surface area contributed by atoms with Gasteiger partial charge in [-0.3, -0.25) is 4.79 Å². The van der Waals surface area contributed by atoms with Crippen molar-refractivity contribution in [2.45, 2.75) is 26.3 Å². The number of nitrogens with one attached hydrogen (secondary N) is 1. The van der Waals surface area contributed by atoms with Gasteiger partial charge < -0.3 is 5.32 Å². The lowest BCUT2D eigenvalue weighted by molar-refractivity contribution is -0.119. The van der Waals surface area contributed by atoms with Gasteiger partial charge in [-0.05, 0) is 17.9 Å². The highest BCUT2D eigenvalue weighted by Gasteiger charge is 2.18. The summed E-state index contributed by atoms with van der Waals surface area (Å²) in [6.45, 7) is 4.14. The predicted molar refractivity (Wildman–Crippen MR) is 76.5 cm³/mol. The van der Waals surface area contributed by atoms with Gasteiger partial charge in [-0.25, -0.2) is 8.42 Å². The molecule has 0 saturated heterocycles. The van der Waals surface area contributed by atoms with Gasteiger partial charge in [0.2, 0.25) is 5.91 Å². The van der Waals surface area contributed by atoms with Crippen LogP contribution < -0.4 is 5.32 Å². The topological polar surface area (TPSA) is 63.2 Å². The average Bonchev–Trinajstić information content (AvgIpc) is 2.26. The van der Waals surface area contributed by atoms with E-state index >= 15 is 0 Å². The molecule has 0 fully saturated rings. The summed E-state index contributed by atoms with van der Waals surface area (Å²) in [5, 5.41) is 2.80. The summed E-state index contributed by atoms with van der Waals surface area (Å²) in [6, 6.07) is 9.46. The molecule has 0 bridgehead atoms. The van der Waals surface area contributed by atoms with Gasteiger partial charge in [0.15, 0.2) is 9.84 Å². The van der Waals surface area contributed by atoms with Crippen molar-refractivity contribution >= 4 is 15.7 Å². The van der Waals surface area contributed by atoms with Crippen LogP contribution in [0.1, 0.15) is 31.9 Å². The molecule has 19 heavy (non-hydrogen) atoms. The molecule has 0 heterocycles. The zero-order valence-electron chi connectivity index (χ0n) is 11.6. The van der Waals surface area contributed by atoms with E-state index in [1.807, 2.05) is 30.3 Å². The molecule has 5 heteroatoms. The molecule has 1 rings (SSSR count). The van der Waals surface area contributed by atoms with E-state index in [2.05, 4.69) is 19.2 Å². The van der Waals surface area contributed by atoms with Crippen molar-refractivity contribution in [1.29, 1.82) is 0 Å². The first-order valence-electron chi connectivity index (χ1n) is 6.30. The molecule has 0 aliphatic heterocycles. The molecule has 1 aromatic rings. The summed E-state index contributed by atoms with van der Waals surface area (Å²) >= 11 is 0. The molecule has 0 aromatic heterocycles. The number of amides is 1. The number of sulfone groups is 1. The van der Waals surface area contributed by atoms with E-state index < -0.39 is 21.5 Å². The second-order valence-corrected chi connectivity index (χ2v) is 7.37. The minimum Gasteiger partial charge on any atom is -0.348 e. The maximum Gasteiger partial charge on any atom is 0.235 e. The van der Waals surface area contributed by atoms with E-state index in [0.29, 0.717) is 5.92 Å². The highest BCUT2D eigenvalue weighted by molar-refractivity contribution is 7.91. The van der Waals surface area contributed by atoms with Gasteiger partial charge in [0.25, 0.3) is 0 Å². The van der Waals surface area contributed by atoms with Crippen molar-refractivity contribution in [3.05, 3.63) is 35.9 Å². The molecule has 0 aliphatic rings. The highest BCUT2D eigenvalue weighted by Crippen LogP contribution is 2.20. The molecule has 0 radical (unpaired) electrons. The normalized spacial score (nSPS) is 13.3. The molecule has 1 N–H and O–H groups in total. The van der Waals surface area contributed by atoms with E-state index in [-0.39, 0.29) is 6.04 Å². The van der Waals surface area contributed by atoms with Crippen LogP contribution in [-0.2, 0) is 14.6 Å². The molecular weight excluding hydrogens is 262 g/mol. The van der Waals surface area contributed by atoms with Crippen LogP contribution in [0.5, 0.6) is 0 Å². The maximum atomic E-state index is 11.7. The van der Waals surface area contributed by atoms with Crippen LogP contribution in [0, 0.1) is 5.92 Å². The Bertz CT molecular complexity index is 509. The Morgan fingerprint density at radius 1 is 1.21 bits per heavy atom. The smallest absolute Gasteiger partial charge is 0.235 e. The number of rotatable bonds is 6. The molecule has 1 amide bonds. The Morgan fingerprint density at radius 3 is 2.26 bits per heavy atom. The Hall–Kier alpha value is -1.36. The van der Waals surface area contributed by atoms with Crippen molar-refractivity contribution in [3.8, 4) is 0 Å². The van der Waals surface area contributed by atoms with Crippen LogP contribution in [0.3, 0.4) is 0 Å². The van der Waals surface area contributed by atoms with E-state index in [0.717, 1.165) is 18.2 Å². The highest BCUT2D eigenvalue weighted by atomic mass is 32.2. The zero-order chi connectivity index (χ0) is 14.5. The fourth-order valence-corrected chi connectivity index (χ4v) is 2.47. The van der Waals surface area contributed by atoms with Gasteiger partial charge in [-0.2, -0.15) is 0 Å². The number of benzene rings is 1. The van der Waals surface area contributed by atoms with E-state index in [9.17, 15) is 13.2 Å². The Kier molecular flexibility index (Phi) is 5.54. The molecule has 106 valence electrons. The summed E-state index contributed by atoms with van der Waals surface area (Å²) in [6.07, 6.45) is 1.84. The van der Waals surface area contributed by atoms with Crippen molar-refractivity contribution in [1.82, 2.24) is 5.32 Å². The van der Waals surface area contributed by atoms with Gasteiger partial charge >= 0.3 is 0 Å². The van der Waals surface area contributed by atoms with Gasteiger partial charge in [0.1, 0.15) is 5.75 Å². The van der Waals surface area contributed by atoms with Crippen LogP contribution in [0.4, 0.5) is 0 Å². The van der Waals surface area contributed by atoms with Crippen molar-refractivity contribution < 1.29 is 13.2 Å². The second kappa shape index (κ2) is 6.70. The van der Waals surface area contributed by atoms with Crippen LogP contribution in [0.15, 0.2) is 30.3 Å². The molecule has 1 aromatic carbocycles. The van der Waals surface area contributed by atoms with Gasteiger partial charge in [0.05, 0.1) is 6.04 Å². The first-order valence-corrected chi connectivity index (χ1v) is 8.36. The Balaban J connectivity index is 2.79. The first kappa shape index (κ1) is 15.7. The predicted octanol–water partition coefficient (Wildman–Crippen LogP) is 1.93. The molecule has 1 atom stereocenters. The number of carbonyl (C=O) groups is 1. The molecular formula is C14H21NO3S. The van der Waals surface area contributed by atoms with E-state index in [1.165, 1.54) is 0 Å². The SMILES string of the molecule is CC(C)CC(NC(=O)CS(C)(=O)=O)c1ccccc1. The second-order valence-electron chi connectivity index (χ2n) is 5.23. The molecule has 1 unspecified atom stereocenters. The van der Waals surface area contributed by atoms with Crippen LogP contribution >= 0.6 is 0 Å². The molecule has 0 saturated carbocycles. The van der Waals surface area contributed by atoms with Crippen LogP contribution in [0.2, 0.25) is 0 Å². The minimum atomic E-state index is -3.29. The summed E-state index contributed by atoms with van der Waals surface area (Å²) < 4.78 is 22.2. The Labute approximate surface area is 115 Å². The van der Waals surface area contributed by atoms with E-state index in [1.54, 1.807) is 0 Å². The van der Waals surface area contributed by atoms with Crippen molar-refractivity contribution in [2.75, 3.05) is 12.0 Å².